The zero-order valence-electron chi connectivity index (χ0n) is 11.6. The molecule has 1 aromatic rings. The molecule has 0 spiro atoms. The molecule has 0 heterocycles. The molecule has 1 N–H and O–H groups in total. The topological polar surface area (TPSA) is 55.4 Å². The quantitative estimate of drug-likeness (QED) is 0.841. The van der Waals surface area contributed by atoms with Crippen LogP contribution >= 0.6 is 0 Å². The lowest BCUT2D eigenvalue weighted by Crippen LogP contribution is -2.28. The molecule has 1 amide bonds. The van der Waals surface area contributed by atoms with E-state index in [1.54, 1.807) is 12.1 Å². The summed E-state index contributed by atoms with van der Waals surface area (Å²) in [6.45, 7) is 0.319. The Morgan fingerprint density at radius 1 is 1.10 bits per heavy atom. The number of rotatable bonds is 5. The highest BCUT2D eigenvalue weighted by atomic mass is 16.5. The Morgan fingerprint density at radius 2 is 1.80 bits per heavy atom. The second-order valence-corrected chi connectivity index (χ2v) is 5.12. The molecule has 4 nitrogen and oxygen atoms in total. The van der Waals surface area contributed by atoms with E-state index < -0.39 is 0 Å². The molecule has 0 aromatic heterocycles. The normalized spacial score (nSPS) is 15.6. The van der Waals surface area contributed by atoms with Gasteiger partial charge in [-0.3, -0.25) is 9.59 Å². The molecule has 2 rings (SSSR count). The van der Waals surface area contributed by atoms with E-state index in [9.17, 15) is 9.59 Å². The molecule has 1 saturated carbocycles. The number of hydrogen-bond donors (Lipinski definition) is 1. The average Bonchev–Trinajstić information content (AvgIpc) is 2.49. The second kappa shape index (κ2) is 7.68. The Morgan fingerprint density at radius 3 is 2.50 bits per heavy atom. The van der Waals surface area contributed by atoms with Crippen molar-refractivity contribution in [3.8, 4) is 0 Å². The first-order chi connectivity index (χ1) is 9.75. The number of benzene rings is 1. The van der Waals surface area contributed by atoms with E-state index in [4.69, 9.17) is 4.74 Å². The van der Waals surface area contributed by atoms with Gasteiger partial charge in [-0.2, -0.15) is 0 Å². The minimum atomic E-state index is -0.217. The van der Waals surface area contributed by atoms with Crippen molar-refractivity contribution in [2.24, 2.45) is 0 Å². The van der Waals surface area contributed by atoms with Crippen molar-refractivity contribution in [3.63, 3.8) is 0 Å². The highest BCUT2D eigenvalue weighted by Crippen LogP contribution is 2.20. The zero-order chi connectivity index (χ0) is 14.2. The van der Waals surface area contributed by atoms with Gasteiger partial charge in [0.15, 0.2) is 0 Å². The standard InChI is InChI=1S/C16H21NO3/c18-15(20-14-9-5-2-6-10-14)11-12-17-16(19)13-7-3-1-4-8-13/h1,3-4,7-8,14H,2,5-6,9-12H2,(H,17,19). The molecule has 0 bridgehead atoms. The van der Waals surface area contributed by atoms with Crippen LogP contribution < -0.4 is 5.32 Å². The van der Waals surface area contributed by atoms with Crippen molar-refractivity contribution < 1.29 is 14.3 Å². The fourth-order valence-corrected chi connectivity index (χ4v) is 2.40. The lowest BCUT2D eigenvalue weighted by Gasteiger charge is -2.21. The van der Waals surface area contributed by atoms with Crippen molar-refractivity contribution in [2.45, 2.75) is 44.6 Å². The molecule has 0 aliphatic heterocycles. The number of carbonyl (C=O) groups excluding carboxylic acids is 2. The van der Waals surface area contributed by atoms with Gasteiger partial charge in [-0.25, -0.2) is 0 Å². The lowest BCUT2D eigenvalue weighted by molar-refractivity contribution is -0.150. The molecule has 1 aromatic carbocycles. The van der Waals surface area contributed by atoms with Crippen LogP contribution in [0.25, 0.3) is 0 Å². The Balaban J connectivity index is 1.65. The Hall–Kier alpha value is -1.84. The third kappa shape index (κ3) is 4.68. The number of hydrogen-bond acceptors (Lipinski definition) is 3. The van der Waals surface area contributed by atoms with E-state index in [0.717, 1.165) is 25.7 Å². The van der Waals surface area contributed by atoms with Crippen molar-refractivity contribution in [3.05, 3.63) is 35.9 Å². The highest BCUT2D eigenvalue weighted by molar-refractivity contribution is 5.94. The van der Waals surface area contributed by atoms with E-state index in [0.29, 0.717) is 12.1 Å². The third-order valence-electron chi connectivity index (χ3n) is 3.50. The predicted molar refractivity (Wildman–Crippen MR) is 76.4 cm³/mol. The summed E-state index contributed by atoms with van der Waals surface area (Å²) in [5.41, 5.74) is 0.605. The van der Waals surface area contributed by atoms with Crippen molar-refractivity contribution >= 4 is 11.9 Å². The van der Waals surface area contributed by atoms with Gasteiger partial charge in [0, 0.05) is 12.1 Å². The molecule has 1 aliphatic carbocycles. The summed E-state index contributed by atoms with van der Waals surface area (Å²) in [6, 6.07) is 8.97. The van der Waals surface area contributed by atoms with Crippen LogP contribution in [0.1, 0.15) is 48.9 Å². The number of esters is 1. The fraction of sp³-hybridized carbons (Fsp3) is 0.500. The minimum Gasteiger partial charge on any atom is -0.462 e. The van der Waals surface area contributed by atoms with Crippen LogP contribution in [-0.4, -0.2) is 24.5 Å². The predicted octanol–water partition coefficient (Wildman–Crippen LogP) is 2.68. The van der Waals surface area contributed by atoms with Crippen molar-refractivity contribution in [2.75, 3.05) is 6.54 Å². The summed E-state index contributed by atoms with van der Waals surface area (Å²) in [5.74, 6) is -0.374. The number of carbonyl (C=O) groups is 2. The fourth-order valence-electron chi connectivity index (χ4n) is 2.40. The van der Waals surface area contributed by atoms with Gasteiger partial charge in [-0.1, -0.05) is 24.6 Å². The third-order valence-corrected chi connectivity index (χ3v) is 3.50. The highest BCUT2D eigenvalue weighted by Gasteiger charge is 2.17. The van der Waals surface area contributed by atoms with E-state index in [-0.39, 0.29) is 24.4 Å². The van der Waals surface area contributed by atoms with Gasteiger partial charge in [0.05, 0.1) is 6.42 Å². The Bertz CT molecular complexity index is 438. The van der Waals surface area contributed by atoms with Crippen LogP contribution in [0.4, 0.5) is 0 Å². The van der Waals surface area contributed by atoms with Crippen LogP contribution in [0.5, 0.6) is 0 Å². The number of nitrogens with one attached hydrogen (secondary N) is 1. The van der Waals surface area contributed by atoms with Crippen LogP contribution in [0.2, 0.25) is 0 Å². The van der Waals surface area contributed by atoms with Crippen molar-refractivity contribution in [1.82, 2.24) is 5.32 Å². The SMILES string of the molecule is O=C(CCNC(=O)c1ccccc1)OC1CCCCC1. The smallest absolute Gasteiger partial charge is 0.307 e. The summed E-state index contributed by atoms with van der Waals surface area (Å²) in [7, 11) is 0. The monoisotopic (exact) mass is 275 g/mol. The maximum absolute atomic E-state index is 11.8. The zero-order valence-corrected chi connectivity index (χ0v) is 11.6. The van der Waals surface area contributed by atoms with E-state index in [1.165, 1.54) is 6.42 Å². The summed E-state index contributed by atoms with van der Waals surface area (Å²) in [4.78, 5) is 23.4. The molecule has 108 valence electrons. The second-order valence-electron chi connectivity index (χ2n) is 5.12. The molecule has 0 saturated heterocycles. The molecule has 0 unspecified atom stereocenters. The molecule has 0 atom stereocenters. The number of amides is 1. The Labute approximate surface area is 119 Å². The minimum absolute atomic E-state index is 0.0843. The maximum Gasteiger partial charge on any atom is 0.307 e. The average molecular weight is 275 g/mol. The molecule has 4 heteroatoms. The largest absolute Gasteiger partial charge is 0.462 e. The summed E-state index contributed by atoms with van der Waals surface area (Å²) in [6.07, 6.45) is 5.78. The van der Waals surface area contributed by atoms with Gasteiger partial charge in [0.2, 0.25) is 0 Å². The number of ether oxygens (including phenoxy) is 1. The van der Waals surface area contributed by atoms with Crippen molar-refractivity contribution in [1.29, 1.82) is 0 Å². The first kappa shape index (κ1) is 14.6. The van der Waals surface area contributed by atoms with Gasteiger partial charge < -0.3 is 10.1 Å². The van der Waals surface area contributed by atoms with E-state index in [1.807, 2.05) is 18.2 Å². The first-order valence-electron chi connectivity index (χ1n) is 7.28. The van der Waals surface area contributed by atoms with Gasteiger partial charge >= 0.3 is 5.97 Å². The Kier molecular flexibility index (Phi) is 5.59. The molecule has 0 radical (unpaired) electrons. The van der Waals surface area contributed by atoms with E-state index >= 15 is 0 Å². The van der Waals surface area contributed by atoms with Gasteiger partial charge in [0.25, 0.3) is 5.91 Å². The summed E-state index contributed by atoms with van der Waals surface area (Å²) in [5, 5.41) is 2.73. The lowest BCUT2D eigenvalue weighted by atomic mass is 9.98. The van der Waals surface area contributed by atoms with Crippen LogP contribution in [0.3, 0.4) is 0 Å². The molecule has 1 fully saturated rings. The summed E-state index contributed by atoms with van der Waals surface area (Å²) < 4.78 is 5.39. The molecule has 20 heavy (non-hydrogen) atoms. The van der Waals surface area contributed by atoms with E-state index in [2.05, 4.69) is 5.32 Å². The molecular weight excluding hydrogens is 254 g/mol. The van der Waals surface area contributed by atoms with Crippen LogP contribution in [-0.2, 0) is 9.53 Å². The van der Waals surface area contributed by atoms with Crippen LogP contribution in [0.15, 0.2) is 30.3 Å². The van der Waals surface area contributed by atoms with Gasteiger partial charge in [0.1, 0.15) is 6.10 Å². The maximum atomic E-state index is 11.8. The van der Waals surface area contributed by atoms with Crippen LogP contribution in [0, 0.1) is 0 Å². The van der Waals surface area contributed by atoms with Gasteiger partial charge in [-0.05, 0) is 37.8 Å². The van der Waals surface area contributed by atoms with Gasteiger partial charge in [-0.15, -0.1) is 0 Å². The molecule has 1 aliphatic rings. The first-order valence-corrected chi connectivity index (χ1v) is 7.28. The molecular formula is C16H21NO3. The summed E-state index contributed by atoms with van der Waals surface area (Å²) >= 11 is 0.